The van der Waals surface area contributed by atoms with Gasteiger partial charge in [0.05, 0.1) is 13.2 Å². The monoisotopic (exact) mass is 393 g/mol. The molecule has 8 heteroatoms. The molecule has 1 fully saturated rings. The molecule has 1 rings (SSSR count). The van der Waals surface area contributed by atoms with Gasteiger partial charge in [0, 0.05) is 32.7 Å². The zero-order valence-electron chi connectivity index (χ0n) is 16.6. The molecule has 0 radical (unpaired) electrons. The first kappa shape index (κ1) is 25.1. The molecule has 0 unspecified atom stereocenters. The van der Waals surface area contributed by atoms with Gasteiger partial charge in [0.15, 0.2) is 0 Å². The first-order chi connectivity index (χ1) is 11.8. The minimum Gasteiger partial charge on any atom is -0.382 e. The number of nitrogens with zero attached hydrogens (tertiary/aromatic N) is 1. The third kappa shape index (κ3) is 9.16. The van der Waals surface area contributed by atoms with E-state index in [2.05, 4.69) is 19.2 Å². The van der Waals surface area contributed by atoms with Crippen LogP contribution in [0.5, 0.6) is 0 Å². The highest BCUT2D eigenvalue weighted by molar-refractivity contribution is 5.85. The van der Waals surface area contributed by atoms with E-state index >= 15 is 0 Å². The highest BCUT2D eigenvalue weighted by Crippen LogP contribution is 2.27. The summed E-state index contributed by atoms with van der Waals surface area (Å²) in [7, 11) is 3.45. The Morgan fingerprint density at radius 3 is 2.35 bits per heavy atom. The molecule has 0 saturated heterocycles. The lowest BCUT2D eigenvalue weighted by Gasteiger charge is -2.34. The van der Waals surface area contributed by atoms with Crippen molar-refractivity contribution in [3.63, 3.8) is 0 Å². The summed E-state index contributed by atoms with van der Waals surface area (Å²) in [6.45, 7) is 6.30. The molecule has 0 bridgehead atoms. The van der Waals surface area contributed by atoms with Gasteiger partial charge < -0.3 is 25.4 Å². The summed E-state index contributed by atoms with van der Waals surface area (Å²) in [5.74, 6) is 0.131. The number of amides is 2. The van der Waals surface area contributed by atoms with Crippen LogP contribution in [0, 0.1) is 11.3 Å². The van der Waals surface area contributed by atoms with E-state index < -0.39 is 0 Å². The predicted molar refractivity (Wildman–Crippen MR) is 104 cm³/mol. The molecular weight excluding hydrogens is 358 g/mol. The van der Waals surface area contributed by atoms with Crippen LogP contribution in [-0.2, 0) is 19.1 Å². The van der Waals surface area contributed by atoms with Crippen LogP contribution < -0.4 is 11.1 Å². The molecule has 0 atom stereocenters. The van der Waals surface area contributed by atoms with E-state index in [1.807, 2.05) is 7.05 Å². The Kier molecular flexibility index (Phi) is 12.1. The summed E-state index contributed by atoms with van der Waals surface area (Å²) in [4.78, 5) is 26.2. The van der Waals surface area contributed by atoms with Crippen LogP contribution in [0.1, 0.15) is 39.5 Å². The molecule has 0 aromatic carbocycles. The Labute approximate surface area is 163 Å². The van der Waals surface area contributed by atoms with Gasteiger partial charge in [-0.05, 0) is 37.6 Å². The molecule has 3 N–H and O–H groups in total. The fraction of sp³-hybridized carbons (Fsp3) is 0.889. The first-order valence-corrected chi connectivity index (χ1v) is 9.10. The van der Waals surface area contributed by atoms with Crippen LogP contribution >= 0.6 is 12.4 Å². The molecule has 1 aliphatic rings. The third-order valence-corrected chi connectivity index (χ3v) is 4.70. The Balaban J connectivity index is 0.00000625. The normalized spacial score (nSPS) is 20.2. The lowest BCUT2D eigenvalue weighted by atomic mass is 9.84. The van der Waals surface area contributed by atoms with Crippen LogP contribution in [0.25, 0.3) is 0 Å². The van der Waals surface area contributed by atoms with Crippen LogP contribution in [0.4, 0.5) is 0 Å². The second-order valence-electron chi connectivity index (χ2n) is 7.72. The predicted octanol–water partition coefficient (Wildman–Crippen LogP) is 1.19. The third-order valence-electron chi connectivity index (χ3n) is 4.70. The molecule has 2 amide bonds. The Bertz CT molecular complexity index is 427. The SMILES string of the molecule is COCCOCC(=O)NC1CCC(C(=O)N(C)CC(C)(C)CN)CC1.Cl. The van der Waals surface area contributed by atoms with Gasteiger partial charge in [0.1, 0.15) is 6.61 Å². The quantitative estimate of drug-likeness (QED) is 0.544. The van der Waals surface area contributed by atoms with Crippen molar-refractivity contribution in [2.24, 2.45) is 17.1 Å². The highest BCUT2D eigenvalue weighted by atomic mass is 35.5. The number of ether oxygens (including phenoxy) is 2. The van der Waals surface area contributed by atoms with Gasteiger partial charge in [0.2, 0.25) is 11.8 Å². The van der Waals surface area contributed by atoms with E-state index in [4.69, 9.17) is 15.2 Å². The van der Waals surface area contributed by atoms with Crippen LogP contribution in [-0.4, -0.2) is 69.8 Å². The minimum atomic E-state index is -0.104. The molecule has 0 aromatic heterocycles. The van der Waals surface area contributed by atoms with E-state index in [9.17, 15) is 9.59 Å². The second-order valence-corrected chi connectivity index (χ2v) is 7.72. The number of hydrogen-bond donors (Lipinski definition) is 2. The molecule has 0 spiro atoms. The molecule has 1 saturated carbocycles. The van der Waals surface area contributed by atoms with Gasteiger partial charge in [-0.3, -0.25) is 9.59 Å². The van der Waals surface area contributed by atoms with Crippen molar-refractivity contribution >= 4 is 24.2 Å². The summed E-state index contributed by atoms with van der Waals surface area (Å²) >= 11 is 0. The minimum absolute atomic E-state index is 0. The highest BCUT2D eigenvalue weighted by Gasteiger charge is 2.30. The largest absolute Gasteiger partial charge is 0.382 e. The van der Waals surface area contributed by atoms with Crippen LogP contribution in [0.2, 0.25) is 0 Å². The summed E-state index contributed by atoms with van der Waals surface area (Å²) in [6, 6.07) is 0.133. The van der Waals surface area contributed by atoms with Gasteiger partial charge in [-0.2, -0.15) is 0 Å². The van der Waals surface area contributed by atoms with Gasteiger partial charge >= 0.3 is 0 Å². The zero-order valence-corrected chi connectivity index (χ0v) is 17.4. The van der Waals surface area contributed by atoms with Gasteiger partial charge in [0.25, 0.3) is 0 Å². The second kappa shape index (κ2) is 12.5. The number of nitrogens with one attached hydrogen (secondary N) is 1. The first-order valence-electron chi connectivity index (χ1n) is 9.10. The maximum absolute atomic E-state index is 12.6. The summed E-state index contributed by atoms with van der Waals surface area (Å²) in [5, 5.41) is 2.99. The number of methoxy groups -OCH3 is 1. The molecular formula is C18H36ClN3O4. The molecule has 0 aliphatic heterocycles. The van der Waals surface area contributed by atoms with E-state index in [1.165, 1.54) is 0 Å². The topological polar surface area (TPSA) is 93.9 Å². The number of carbonyl (C=O) groups is 2. The average molecular weight is 394 g/mol. The average Bonchev–Trinajstić information content (AvgIpc) is 2.58. The Morgan fingerprint density at radius 2 is 1.81 bits per heavy atom. The van der Waals surface area contributed by atoms with Crippen molar-refractivity contribution in [2.75, 3.05) is 47.1 Å². The smallest absolute Gasteiger partial charge is 0.246 e. The molecule has 154 valence electrons. The summed E-state index contributed by atoms with van der Waals surface area (Å²) in [5.41, 5.74) is 5.68. The van der Waals surface area contributed by atoms with E-state index in [-0.39, 0.29) is 48.2 Å². The molecule has 7 nitrogen and oxygen atoms in total. The number of hydrogen-bond acceptors (Lipinski definition) is 5. The summed E-state index contributed by atoms with van der Waals surface area (Å²) < 4.78 is 10.1. The molecule has 0 heterocycles. The van der Waals surface area contributed by atoms with Crippen molar-refractivity contribution in [1.82, 2.24) is 10.2 Å². The maximum Gasteiger partial charge on any atom is 0.246 e. The fourth-order valence-corrected chi connectivity index (χ4v) is 3.16. The maximum atomic E-state index is 12.6. The number of nitrogens with two attached hydrogens (primary N) is 1. The molecule has 0 aromatic rings. The van der Waals surface area contributed by atoms with E-state index in [0.717, 1.165) is 25.7 Å². The number of halogens is 1. The van der Waals surface area contributed by atoms with Crippen molar-refractivity contribution < 1.29 is 19.1 Å². The van der Waals surface area contributed by atoms with Crippen molar-refractivity contribution in [1.29, 1.82) is 0 Å². The number of carbonyl (C=O) groups excluding carboxylic acids is 2. The van der Waals surface area contributed by atoms with Crippen LogP contribution in [0.3, 0.4) is 0 Å². The van der Waals surface area contributed by atoms with E-state index in [1.54, 1.807) is 12.0 Å². The van der Waals surface area contributed by atoms with Crippen molar-refractivity contribution in [2.45, 2.75) is 45.6 Å². The zero-order chi connectivity index (χ0) is 18.9. The van der Waals surface area contributed by atoms with Crippen LogP contribution in [0.15, 0.2) is 0 Å². The van der Waals surface area contributed by atoms with Gasteiger partial charge in [-0.1, -0.05) is 13.8 Å². The molecule has 1 aliphatic carbocycles. The number of rotatable bonds is 10. The standard InChI is InChI=1S/C18H35N3O4.ClH/c1-18(2,12-19)13-21(3)17(23)14-5-7-15(8-6-14)20-16(22)11-25-10-9-24-4;/h14-15H,5-13,19H2,1-4H3,(H,20,22);1H. The van der Waals surface area contributed by atoms with Crippen molar-refractivity contribution in [3.8, 4) is 0 Å². The lowest BCUT2D eigenvalue weighted by Crippen LogP contribution is -2.45. The fourth-order valence-electron chi connectivity index (χ4n) is 3.16. The van der Waals surface area contributed by atoms with Gasteiger partial charge in [-0.15, -0.1) is 12.4 Å². The lowest BCUT2D eigenvalue weighted by molar-refractivity contribution is -0.136. The Hall–Kier alpha value is -0.890. The summed E-state index contributed by atoms with van der Waals surface area (Å²) in [6.07, 6.45) is 3.27. The Morgan fingerprint density at radius 1 is 1.19 bits per heavy atom. The van der Waals surface area contributed by atoms with E-state index in [0.29, 0.717) is 26.3 Å². The van der Waals surface area contributed by atoms with Crippen molar-refractivity contribution in [3.05, 3.63) is 0 Å². The van der Waals surface area contributed by atoms with Gasteiger partial charge in [-0.25, -0.2) is 0 Å². The molecule has 26 heavy (non-hydrogen) atoms.